The molecule has 5 heterocycles. The second kappa shape index (κ2) is 10.2. The summed E-state index contributed by atoms with van der Waals surface area (Å²) >= 11 is 5.97. The van der Waals surface area contributed by atoms with E-state index in [1.807, 2.05) is 30.6 Å². The zero-order chi connectivity index (χ0) is 26.2. The number of nitrogens with zero attached hydrogens (tertiary/aromatic N) is 5. The van der Waals surface area contributed by atoms with E-state index in [4.69, 9.17) is 21.9 Å². The second-order valence-electron chi connectivity index (χ2n) is 9.97. The molecule has 0 unspecified atom stereocenters. The van der Waals surface area contributed by atoms with Crippen LogP contribution in [0.25, 0.3) is 5.82 Å². The zero-order valence-corrected chi connectivity index (χ0v) is 22.8. The fourth-order valence-electron chi connectivity index (χ4n) is 5.68. The number of rotatable bonds is 5. The third-order valence-corrected chi connectivity index (χ3v) is 7.84. The van der Waals surface area contributed by atoms with Gasteiger partial charge in [0.2, 0.25) is 0 Å². The lowest BCUT2D eigenvalue weighted by molar-refractivity contribution is 0.122. The summed E-state index contributed by atoms with van der Waals surface area (Å²) in [4.78, 5) is 14.0. The van der Waals surface area contributed by atoms with E-state index in [1.54, 1.807) is 0 Å². The van der Waals surface area contributed by atoms with Gasteiger partial charge in [0.15, 0.2) is 5.11 Å². The number of morpholine rings is 1. The fourth-order valence-corrected chi connectivity index (χ4v) is 6.02. The minimum Gasteiger partial charge on any atom is -0.378 e. The highest BCUT2D eigenvalue weighted by molar-refractivity contribution is 7.80. The largest absolute Gasteiger partial charge is 0.378 e. The molecule has 0 saturated carbocycles. The molecule has 194 valence electrons. The molecule has 0 amide bonds. The lowest BCUT2D eigenvalue weighted by Gasteiger charge is -2.31. The summed E-state index contributed by atoms with van der Waals surface area (Å²) in [7, 11) is 0. The van der Waals surface area contributed by atoms with Gasteiger partial charge < -0.3 is 24.4 Å². The van der Waals surface area contributed by atoms with Crippen LogP contribution in [0.2, 0.25) is 0 Å². The van der Waals surface area contributed by atoms with E-state index in [0.29, 0.717) is 5.11 Å². The smallest absolute Gasteiger partial charge is 0.174 e. The Balaban J connectivity index is 1.43. The Kier molecular flexibility index (Phi) is 6.59. The third kappa shape index (κ3) is 4.44. The van der Waals surface area contributed by atoms with Crippen molar-refractivity contribution in [2.45, 2.75) is 32.9 Å². The Morgan fingerprint density at radius 1 is 0.895 bits per heavy atom. The van der Waals surface area contributed by atoms with E-state index in [-0.39, 0.29) is 12.1 Å². The second-order valence-corrected chi connectivity index (χ2v) is 10.4. The van der Waals surface area contributed by atoms with Crippen LogP contribution in [0.5, 0.6) is 0 Å². The van der Waals surface area contributed by atoms with Gasteiger partial charge in [-0.15, -0.1) is 0 Å². The summed E-state index contributed by atoms with van der Waals surface area (Å²) in [6, 6.07) is 21.0. The van der Waals surface area contributed by atoms with Crippen molar-refractivity contribution in [3.05, 3.63) is 101 Å². The normalized spacial score (nSPS) is 19.6. The highest BCUT2D eigenvalue weighted by atomic mass is 32.1. The molecule has 2 saturated heterocycles. The standard InChI is InChI=1S/C30H32N6OS/c1-20-11-13-32-27(18-20)35-21(2)19-25(22(35)3)29-28(26-6-4-5-12-31-26)33-30(38)36(29)24-9-7-23(8-10-24)34-14-16-37-17-15-34/h4-13,18-19,28-29H,14-17H2,1-3H3,(H,33,38)/t28-,29+/m0/s1. The first-order valence-corrected chi connectivity index (χ1v) is 13.5. The number of aryl methyl sites for hydroxylation is 2. The molecule has 0 spiro atoms. The van der Waals surface area contributed by atoms with Gasteiger partial charge in [0.1, 0.15) is 5.82 Å². The first-order chi connectivity index (χ1) is 18.5. The molecular weight excluding hydrogens is 492 g/mol. The molecule has 2 aliphatic heterocycles. The molecule has 0 bridgehead atoms. The van der Waals surface area contributed by atoms with Crippen LogP contribution in [0.4, 0.5) is 11.4 Å². The Bertz CT molecular complexity index is 1450. The number of aromatic nitrogens is 3. The molecule has 2 aliphatic rings. The quantitative estimate of drug-likeness (QED) is 0.360. The zero-order valence-electron chi connectivity index (χ0n) is 22.0. The first-order valence-electron chi connectivity index (χ1n) is 13.1. The van der Waals surface area contributed by atoms with E-state index < -0.39 is 0 Å². The summed E-state index contributed by atoms with van der Waals surface area (Å²) in [6.45, 7) is 9.75. The molecule has 2 atom stereocenters. The summed E-state index contributed by atoms with van der Waals surface area (Å²) in [5.41, 5.74) is 7.89. The minimum atomic E-state index is -0.0953. The average Bonchev–Trinajstić information content (AvgIpc) is 3.44. The SMILES string of the molecule is Cc1ccnc(-n2c(C)cc([C@@H]3[C@H](c4ccccn4)NC(=S)N3c3ccc(N4CCOCC4)cc3)c2C)c1. The highest BCUT2D eigenvalue weighted by Gasteiger charge is 2.42. The topological polar surface area (TPSA) is 58.5 Å². The Morgan fingerprint density at radius 3 is 2.37 bits per heavy atom. The Labute approximate surface area is 229 Å². The van der Waals surface area contributed by atoms with Crippen LogP contribution < -0.4 is 15.1 Å². The number of hydrogen-bond donors (Lipinski definition) is 1. The van der Waals surface area contributed by atoms with Crippen LogP contribution in [0.15, 0.2) is 73.1 Å². The van der Waals surface area contributed by atoms with Gasteiger partial charge in [0.05, 0.1) is 31.0 Å². The van der Waals surface area contributed by atoms with Gasteiger partial charge in [-0.3, -0.25) is 4.98 Å². The third-order valence-electron chi connectivity index (χ3n) is 7.52. The molecule has 4 aromatic rings. The van der Waals surface area contributed by atoms with Crippen LogP contribution >= 0.6 is 12.2 Å². The highest BCUT2D eigenvalue weighted by Crippen LogP contribution is 2.44. The van der Waals surface area contributed by atoms with Crippen molar-refractivity contribution in [2.75, 3.05) is 36.1 Å². The number of ether oxygens (including phenoxy) is 1. The summed E-state index contributed by atoms with van der Waals surface area (Å²) in [5, 5.41) is 4.29. The maximum absolute atomic E-state index is 5.97. The van der Waals surface area contributed by atoms with Gasteiger partial charge in [-0.05, 0) is 98.7 Å². The molecule has 7 nitrogen and oxygen atoms in total. The van der Waals surface area contributed by atoms with Crippen molar-refractivity contribution in [3.63, 3.8) is 0 Å². The van der Waals surface area contributed by atoms with Gasteiger partial charge >= 0.3 is 0 Å². The van der Waals surface area contributed by atoms with Gasteiger partial charge in [0, 0.05) is 48.2 Å². The minimum absolute atomic E-state index is 0.0728. The monoisotopic (exact) mass is 524 g/mol. The van der Waals surface area contributed by atoms with Gasteiger partial charge in [-0.1, -0.05) is 6.07 Å². The first kappa shape index (κ1) is 24.6. The van der Waals surface area contributed by atoms with E-state index in [2.05, 4.69) is 87.9 Å². The molecule has 38 heavy (non-hydrogen) atoms. The number of thiocarbonyl (C=S) groups is 1. The summed E-state index contributed by atoms with van der Waals surface area (Å²) in [6.07, 6.45) is 3.71. The molecule has 6 rings (SSSR count). The number of hydrogen-bond acceptors (Lipinski definition) is 5. The van der Waals surface area contributed by atoms with Crippen molar-refractivity contribution in [2.24, 2.45) is 0 Å². The van der Waals surface area contributed by atoms with Crippen molar-refractivity contribution >= 4 is 28.7 Å². The molecular formula is C30H32N6OS. The maximum atomic E-state index is 5.97. The van der Waals surface area contributed by atoms with Crippen molar-refractivity contribution < 1.29 is 4.74 Å². The van der Waals surface area contributed by atoms with Crippen LogP contribution in [-0.2, 0) is 4.74 Å². The summed E-state index contributed by atoms with van der Waals surface area (Å²) < 4.78 is 7.77. The maximum Gasteiger partial charge on any atom is 0.174 e. The lowest BCUT2D eigenvalue weighted by atomic mass is 9.96. The predicted molar refractivity (Wildman–Crippen MR) is 155 cm³/mol. The van der Waals surface area contributed by atoms with Gasteiger partial charge in [-0.25, -0.2) is 4.98 Å². The Hall–Kier alpha value is -3.75. The van der Waals surface area contributed by atoms with Crippen LogP contribution in [0.3, 0.4) is 0 Å². The van der Waals surface area contributed by atoms with Crippen molar-refractivity contribution in [1.29, 1.82) is 0 Å². The number of pyridine rings is 2. The van der Waals surface area contributed by atoms with Crippen molar-refractivity contribution in [3.8, 4) is 5.82 Å². The van der Waals surface area contributed by atoms with E-state index >= 15 is 0 Å². The lowest BCUT2D eigenvalue weighted by Crippen LogP contribution is -2.36. The molecule has 1 aromatic carbocycles. The number of benzene rings is 1. The number of nitrogens with one attached hydrogen (secondary N) is 1. The van der Waals surface area contributed by atoms with Gasteiger partial charge in [0.25, 0.3) is 0 Å². The predicted octanol–water partition coefficient (Wildman–Crippen LogP) is 5.21. The Morgan fingerprint density at radius 2 is 1.66 bits per heavy atom. The number of anilines is 2. The molecule has 2 fully saturated rings. The van der Waals surface area contributed by atoms with E-state index in [9.17, 15) is 0 Å². The average molecular weight is 525 g/mol. The van der Waals surface area contributed by atoms with Crippen LogP contribution in [0, 0.1) is 20.8 Å². The van der Waals surface area contributed by atoms with Crippen LogP contribution in [0.1, 0.15) is 40.3 Å². The fraction of sp³-hybridized carbons (Fsp3) is 0.300. The van der Waals surface area contributed by atoms with Crippen LogP contribution in [-0.4, -0.2) is 46.0 Å². The molecule has 0 aliphatic carbocycles. The molecule has 0 radical (unpaired) electrons. The van der Waals surface area contributed by atoms with E-state index in [1.165, 1.54) is 16.8 Å². The summed E-state index contributed by atoms with van der Waals surface area (Å²) in [5.74, 6) is 0.926. The molecule has 1 N–H and O–H groups in total. The molecule has 3 aromatic heterocycles. The molecule has 8 heteroatoms. The van der Waals surface area contributed by atoms with E-state index in [0.717, 1.165) is 54.9 Å². The van der Waals surface area contributed by atoms with Gasteiger partial charge in [-0.2, -0.15) is 0 Å². The van der Waals surface area contributed by atoms with Crippen molar-refractivity contribution in [1.82, 2.24) is 19.9 Å².